The Morgan fingerprint density at radius 3 is 1.86 bits per heavy atom. The van der Waals surface area contributed by atoms with E-state index >= 15 is 0 Å². The predicted molar refractivity (Wildman–Crippen MR) is 115 cm³/mol. The largest absolute Gasteiger partial charge is 0.461 e. The highest BCUT2D eigenvalue weighted by atomic mass is 16.5. The van der Waals surface area contributed by atoms with Gasteiger partial charge in [0.15, 0.2) is 0 Å². The summed E-state index contributed by atoms with van der Waals surface area (Å²) in [5.74, 6) is -1.17. The van der Waals surface area contributed by atoms with Crippen molar-refractivity contribution in [1.82, 2.24) is 0 Å². The van der Waals surface area contributed by atoms with Crippen LogP contribution in [0.4, 0.5) is 0 Å². The number of carbonyl (C=O) groups excluding carboxylic acids is 2. The van der Waals surface area contributed by atoms with E-state index in [2.05, 4.69) is 12.1 Å². The van der Waals surface area contributed by atoms with Crippen molar-refractivity contribution in [3.05, 3.63) is 96.1 Å². The Kier molecular flexibility index (Phi) is 6.96. The highest BCUT2D eigenvalue weighted by Crippen LogP contribution is 2.21. The zero-order valence-corrected chi connectivity index (χ0v) is 16.9. The van der Waals surface area contributed by atoms with Crippen LogP contribution in [0.25, 0.3) is 11.1 Å². The van der Waals surface area contributed by atoms with Crippen molar-refractivity contribution in [1.29, 1.82) is 0 Å². The molecule has 0 aliphatic carbocycles. The molecule has 2 atom stereocenters. The maximum atomic E-state index is 12.7. The van der Waals surface area contributed by atoms with E-state index < -0.39 is 11.8 Å². The van der Waals surface area contributed by atoms with E-state index in [9.17, 15) is 9.59 Å². The second kappa shape index (κ2) is 9.83. The molecule has 0 N–H and O–H groups in total. The number of ketones is 1. The fourth-order valence-corrected chi connectivity index (χ4v) is 3.15. The molecule has 0 radical (unpaired) electrons. The standard InChI is InChI=1S/C26H26O3/c1-19(20(2)26(28)29-18-22-9-5-3-6-10-22)25(27)17-21-13-15-24(16-14-21)23-11-7-4-8-12-23/h3-16,19-20H,17-18H2,1-2H3. The summed E-state index contributed by atoms with van der Waals surface area (Å²) in [6.45, 7) is 3.79. The van der Waals surface area contributed by atoms with E-state index in [1.54, 1.807) is 13.8 Å². The van der Waals surface area contributed by atoms with Crippen molar-refractivity contribution in [3.8, 4) is 11.1 Å². The molecular weight excluding hydrogens is 360 g/mol. The van der Waals surface area contributed by atoms with Crippen LogP contribution in [0, 0.1) is 11.8 Å². The van der Waals surface area contributed by atoms with Gasteiger partial charge in [0.2, 0.25) is 0 Å². The van der Waals surface area contributed by atoms with Gasteiger partial charge in [-0.1, -0.05) is 98.8 Å². The zero-order chi connectivity index (χ0) is 20.6. The number of benzene rings is 3. The Bertz CT molecular complexity index is 931. The lowest BCUT2D eigenvalue weighted by atomic mass is 9.88. The average molecular weight is 386 g/mol. The van der Waals surface area contributed by atoms with Gasteiger partial charge in [-0.15, -0.1) is 0 Å². The molecule has 3 aromatic carbocycles. The van der Waals surface area contributed by atoms with Crippen LogP contribution in [0.15, 0.2) is 84.9 Å². The average Bonchev–Trinajstić information content (AvgIpc) is 2.78. The Morgan fingerprint density at radius 1 is 0.690 bits per heavy atom. The number of carbonyl (C=O) groups is 2. The summed E-state index contributed by atoms with van der Waals surface area (Å²) >= 11 is 0. The summed E-state index contributed by atoms with van der Waals surface area (Å²) in [7, 11) is 0. The van der Waals surface area contributed by atoms with Gasteiger partial charge in [-0.25, -0.2) is 0 Å². The third-order valence-electron chi connectivity index (χ3n) is 5.29. The summed E-state index contributed by atoms with van der Waals surface area (Å²) in [4.78, 5) is 25.0. The first-order chi connectivity index (χ1) is 14.0. The number of hydrogen-bond acceptors (Lipinski definition) is 3. The molecule has 3 rings (SSSR count). The molecule has 2 unspecified atom stereocenters. The van der Waals surface area contributed by atoms with Crippen LogP contribution in [-0.4, -0.2) is 11.8 Å². The Labute approximate surface area is 172 Å². The predicted octanol–water partition coefficient (Wildman–Crippen LogP) is 5.48. The highest BCUT2D eigenvalue weighted by molar-refractivity contribution is 5.88. The number of hydrogen-bond donors (Lipinski definition) is 0. The molecule has 3 aromatic rings. The van der Waals surface area contributed by atoms with Crippen LogP contribution in [-0.2, 0) is 27.4 Å². The molecule has 0 amide bonds. The van der Waals surface area contributed by atoms with Crippen LogP contribution < -0.4 is 0 Å². The van der Waals surface area contributed by atoms with Crippen molar-refractivity contribution in [2.24, 2.45) is 11.8 Å². The monoisotopic (exact) mass is 386 g/mol. The van der Waals surface area contributed by atoms with Gasteiger partial charge in [0, 0.05) is 12.3 Å². The van der Waals surface area contributed by atoms with E-state index in [4.69, 9.17) is 4.74 Å². The van der Waals surface area contributed by atoms with Gasteiger partial charge < -0.3 is 4.74 Å². The molecule has 0 bridgehead atoms. The molecule has 0 aliphatic rings. The number of ether oxygens (including phenoxy) is 1. The lowest BCUT2D eigenvalue weighted by Crippen LogP contribution is -2.28. The summed E-state index contributed by atoms with van der Waals surface area (Å²) in [6, 6.07) is 27.7. The van der Waals surface area contributed by atoms with Gasteiger partial charge in [0.1, 0.15) is 12.4 Å². The second-order valence-electron chi connectivity index (χ2n) is 7.38. The molecule has 0 saturated carbocycles. The van der Waals surface area contributed by atoms with E-state index in [0.717, 1.165) is 22.3 Å². The molecule has 3 heteroatoms. The van der Waals surface area contributed by atoms with Crippen LogP contribution >= 0.6 is 0 Å². The number of Topliss-reactive ketones (excluding diaryl/α,β-unsaturated/α-hetero) is 1. The fraction of sp³-hybridized carbons (Fsp3) is 0.231. The van der Waals surface area contributed by atoms with Gasteiger partial charge >= 0.3 is 5.97 Å². The third-order valence-corrected chi connectivity index (χ3v) is 5.29. The van der Waals surface area contributed by atoms with Crippen LogP contribution in [0.2, 0.25) is 0 Å². The quantitative estimate of drug-likeness (QED) is 0.482. The van der Waals surface area contributed by atoms with Crippen molar-refractivity contribution in [2.45, 2.75) is 26.9 Å². The van der Waals surface area contributed by atoms with Crippen molar-refractivity contribution in [2.75, 3.05) is 0 Å². The van der Waals surface area contributed by atoms with Crippen LogP contribution in [0.3, 0.4) is 0 Å². The highest BCUT2D eigenvalue weighted by Gasteiger charge is 2.27. The minimum atomic E-state index is -0.477. The molecule has 0 spiro atoms. The summed E-state index contributed by atoms with van der Waals surface area (Å²) in [5.41, 5.74) is 4.15. The SMILES string of the molecule is CC(C(=O)Cc1ccc(-c2ccccc2)cc1)C(C)C(=O)OCc1ccccc1. The normalized spacial score (nSPS) is 12.8. The summed E-state index contributed by atoms with van der Waals surface area (Å²) < 4.78 is 5.38. The molecule has 0 saturated heterocycles. The maximum Gasteiger partial charge on any atom is 0.309 e. The Hall–Kier alpha value is -3.20. The minimum absolute atomic E-state index is 0.0432. The smallest absolute Gasteiger partial charge is 0.309 e. The summed E-state index contributed by atoms with van der Waals surface area (Å²) in [6.07, 6.45) is 0.312. The first-order valence-corrected chi connectivity index (χ1v) is 9.92. The summed E-state index contributed by atoms with van der Waals surface area (Å²) in [5, 5.41) is 0. The van der Waals surface area contributed by atoms with Gasteiger partial charge in [-0.05, 0) is 22.3 Å². The maximum absolute atomic E-state index is 12.7. The molecule has 0 heterocycles. The number of esters is 1. The first kappa shape index (κ1) is 20.5. The van der Waals surface area contributed by atoms with E-state index in [1.165, 1.54) is 0 Å². The van der Waals surface area contributed by atoms with Crippen molar-refractivity contribution >= 4 is 11.8 Å². The van der Waals surface area contributed by atoms with E-state index in [1.807, 2.05) is 72.8 Å². The minimum Gasteiger partial charge on any atom is -0.461 e. The first-order valence-electron chi connectivity index (χ1n) is 9.92. The van der Waals surface area contributed by atoms with E-state index in [0.29, 0.717) is 6.42 Å². The molecule has 0 aromatic heterocycles. The molecule has 148 valence electrons. The van der Waals surface area contributed by atoms with Crippen molar-refractivity contribution in [3.63, 3.8) is 0 Å². The topological polar surface area (TPSA) is 43.4 Å². The van der Waals surface area contributed by atoms with Gasteiger partial charge in [-0.3, -0.25) is 9.59 Å². The Morgan fingerprint density at radius 2 is 1.24 bits per heavy atom. The number of rotatable bonds is 8. The fourth-order valence-electron chi connectivity index (χ4n) is 3.15. The lowest BCUT2D eigenvalue weighted by molar-refractivity contribution is -0.152. The molecule has 0 aliphatic heterocycles. The van der Waals surface area contributed by atoms with Crippen LogP contribution in [0.5, 0.6) is 0 Å². The zero-order valence-electron chi connectivity index (χ0n) is 16.9. The Balaban J connectivity index is 1.54. The molecule has 3 nitrogen and oxygen atoms in total. The van der Waals surface area contributed by atoms with Gasteiger partial charge in [0.25, 0.3) is 0 Å². The van der Waals surface area contributed by atoms with Gasteiger partial charge in [0.05, 0.1) is 5.92 Å². The lowest BCUT2D eigenvalue weighted by Gasteiger charge is -2.18. The third kappa shape index (κ3) is 5.64. The molecule has 29 heavy (non-hydrogen) atoms. The molecule has 0 fully saturated rings. The van der Waals surface area contributed by atoms with Gasteiger partial charge in [-0.2, -0.15) is 0 Å². The second-order valence-corrected chi connectivity index (χ2v) is 7.38. The molecular formula is C26H26O3. The van der Waals surface area contributed by atoms with Crippen molar-refractivity contribution < 1.29 is 14.3 Å². The van der Waals surface area contributed by atoms with Crippen LogP contribution in [0.1, 0.15) is 25.0 Å². The van der Waals surface area contributed by atoms with E-state index in [-0.39, 0.29) is 18.4 Å².